The molecule has 4 nitrogen and oxygen atoms in total. The van der Waals surface area contributed by atoms with Crippen molar-refractivity contribution < 1.29 is 9.90 Å². The zero-order valence-electron chi connectivity index (χ0n) is 12.4. The van der Waals surface area contributed by atoms with Gasteiger partial charge in [-0.3, -0.25) is 4.79 Å². The number of carboxylic acids is 1. The van der Waals surface area contributed by atoms with E-state index in [1.54, 1.807) is 11.3 Å². The fraction of sp³-hybridized carbons (Fsp3) is 0.176. The Morgan fingerprint density at radius 3 is 2.55 bits per heavy atom. The topological polar surface area (TPSA) is 53.4 Å². The molecule has 112 valence electrons. The van der Waals surface area contributed by atoms with Gasteiger partial charge in [-0.05, 0) is 42.0 Å². The first-order valence-corrected chi connectivity index (χ1v) is 7.73. The number of anilines is 1. The van der Waals surface area contributed by atoms with Gasteiger partial charge in [0.1, 0.15) is 5.01 Å². The maximum absolute atomic E-state index is 10.8. The van der Waals surface area contributed by atoms with Crippen molar-refractivity contribution in [3.05, 3.63) is 48.0 Å². The van der Waals surface area contributed by atoms with Gasteiger partial charge < -0.3 is 10.0 Å². The molecule has 0 aliphatic carbocycles. The quantitative estimate of drug-likeness (QED) is 0.799. The van der Waals surface area contributed by atoms with Crippen LogP contribution in [0.15, 0.2) is 42.5 Å². The number of aromatic nitrogens is 1. The molecule has 1 N–H and O–H groups in total. The molecule has 0 bridgehead atoms. The highest BCUT2D eigenvalue weighted by molar-refractivity contribution is 7.21. The average Bonchev–Trinajstić information content (AvgIpc) is 2.90. The second kappa shape index (κ2) is 5.77. The number of rotatable bonds is 4. The van der Waals surface area contributed by atoms with Crippen LogP contribution in [0.1, 0.15) is 5.56 Å². The molecule has 2 aromatic carbocycles. The first-order chi connectivity index (χ1) is 10.5. The summed E-state index contributed by atoms with van der Waals surface area (Å²) < 4.78 is 1.07. The van der Waals surface area contributed by atoms with Gasteiger partial charge in [-0.2, -0.15) is 0 Å². The van der Waals surface area contributed by atoms with Crippen LogP contribution in [0.2, 0.25) is 0 Å². The van der Waals surface area contributed by atoms with Gasteiger partial charge in [0.15, 0.2) is 0 Å². The summed E-state index contributed by atoms with van der Waals surface area (Å²) in [5.41, 5.74) is 3.86. The van der Waals surface area contributed by atoms with Crippen molar-refractivity contribution in [2.75, 3.05) is 19.0 Å². The molecule has 3 rings (SSSR count). The predicted molar refractivity (Wildman–Crippen MR) is 90.7 cm³/mol. The van der Waals surface area contributed by atoms with Crippen molar-refractivity contribution in [2.45, 2.75) is 6.42 Å². The van der Waals surface area contributed by atoms with E-state index in [0.717, 1.165) is 32.0 Å². The number of aliphatic carboxylic acids is 1. The lowest BCUT2D eigenvalue weighted by molar-refractivity contribution is -0.136. The van der Waals surface area contributed by atoms with E-state index >= 15 is 0 Å². The first kappa shape index (κ1) is 14.5. The Morgan fingerprint density at radius 2 is 1.91 bits per heavy atom. The standard InChI is InChI=1S/C17H16N2O2S/c1-19(2)13-6-4-12(5-7-13)17-18-14-9-11(10-16(20)21)3-8-15(14)22-17/h3-9H,10H2,1-2H3,(H,20,21). The molecule has 0 aliphatic heterocycles. The Labute approximate surface area is 132 Å². The van der Waals surface area contributed by atoms with Crippen LogP contribution in [0, 0.1) is 0 Å². The van der Waals surface area contributed by atoms with Crippen LogP contribution in [-0.4, -0.2) is 30.2 Å². The molecule has 22 heavy (non-hydrogen) atoms. The van der Waals surface area contributed by atoms with Gasteiger partial charge in [-0.25, -0.2) is 4.98 Å². The van der Waals surface area contributed by atoms with Crippen molar-refractivity contribution in [2.24, 2.45) is 0 Å². The van der Waals surface area contributed by atoms with Gasteiger partial charge >= 0.3 is 5.97 Å². The minimum Gasteiger partial charge on any atom is -0.481 e. The summed E-state index contributed by atoms with van der Waals surface area (Å²) in [5.74, 6) is -0.825. The SMILES string of the molecule is CN(C)c1ccc(-c2nc3cc(CC(=O)O)ccc3s2)cc1. The Bertz CT molecular complexity index is 822. The van der Waals surface area contributed by atoms with Crippen LogP contribution >= 0.6 is 11.3 Å². The third-order valence-electron chi connectivity index (χ3n) is 3.44. The number of carboxylic acid groups (broad SMARTS) is 1. The van der Waals surface area contributed by atoms with E-state index in [4.69, 9.17) is 5.11 Å². The van der Waals surface area contributed by atoms with E-state index in [1.165, 1.54) is 0 Å². The summed E-state index contributed by atoms with van der Waals surface area (Å²) in [6.07, 6.45) is 0.0281. The molecule has 5 heteroatoms. The second-order valence-corrected chi connectivity index (χ2v) is 6.36. The van der Waals surface area contributed by atoms with Crippen LogP contribution in [0.4, 0.5) is 5.69 Å². The predicted octanol–water partition coefficient (Wildman–Crippen LogP) is 3.66. The minimum absolute atomic E-state index is 0.0281. The summed E-state index contributed by atoms with van der Waals surface area (Å²) in [6, 6.07) is 13.9. The normalized spacial score (nSPS) is 10.8. The maximum atomic E-state index is 10.8. The lowest BCUT2D eigenvalue weighted by Gasteiger charge is -2.11. The summed E-state index contributed by atoms with van der Waals surface area (Å²) in [4.78, 5) is 17.5. The molecule has 0 unspecified atom stereocenters. The number of hydrogen-bond donors (Lipinski definition) is 1. The van der Waals surface area contributed by atoms with Crippen molar-refractivity contribution >= 4 is 33.2 Å². The van der Waals surface area contributed by atoms with Crippen molar-refractivity contribution in [3.63, 3.8) is 0 Å². The molecule has 0 radical (unpaired) electrons. The van der Waals surface area contributed by atoms with Crippen molar-refractivity contribution in [3.8, 4) is 10.6 Å². The Hall–Kier alpha value is -2.40. The zero-order valence-corrected chi connectivity index (χ0v) is 13.2. The molecule has 0 amide bonds. The Balaban J connectivity index is 1.95. The number of thiazole rings is 1. The van der Waals surface area contributed by atoms with E-state index in [0.29, 0.717) is 0 Å². The molecule has 1 heterocycles. The third kappa shape index (κ3) is 2.94. The van der Waals surface area contributed by atoms with Crippen LogP contribution in [0.5, 0.6) is 0 Å². The van der Waals surface area contributed by atoms with Crippen LogP contribution < -0.4 is 4.90 Å². The van der Waals surface area contributed by atoms with Gasteiger partial charge in [0, 0.05) is 25.3 Å². The van der Waals surface area contributed by atoms with Crippen LogP contribution in [0.3, 0.4) is 0 Å². The monoisotopic (exact) mass is 312 g/mol. The Kier molecular flexibility index (Phi) is 3.81. The third-order valence-corrected chi connectivity index (χ3v) is 4.52. The highest BCUT2D eigenvalue weighted by atomic mass is 32.1. The molecule has 0 aliphatic rings. The Morgan fingerprint density at radius 1 is 1.18 bits per heavy atom. The molecular weight excluding hydrogens is 296 g/mol. The van der Waals surface area contributed by atoms with Gasteiger partial charge in [0.2, 0.25) is 0 Å². The minimum atomic E-state index is -0.825. The molecule has 0 atom stereocenters. The van der Waals surface area contributed by atoms with Crippen molar-refractivity contribution in [1.29, 1.82) is 0 Å². The molecule has 0 spiro atoms. The van der Waals surface area contributed by atoms with Gasteiger partial charge in [-0.15, -0.1) is 11.3 Å². The number of carbonyl (C=O) groups is 1. The lowest BCUT2D eigenvalue weighted by atomic mass is 10.1. The van der Waals surface area contributed by atoms with Gasteiger partial charge in [0.25, 0.3) is 0 Å². The number of fused-ring (bicyclic) bond motifs is 1. The molecule has 0 saturated heterocycles. The molecule has 1 aromatic heterocycles. The van der Waals surface area contributed by atoms with Crippen molar-refractivity contribution in [1.82, 2.24) is 4.98 Å². The number of benzene rings is 2. The molecular formula is C17H16N2O2S. The highest BCUT2D eigenvalue weighted by Crippen LogP contribution is 2.31. The number of hydrogen-bond acceptors (Lipinski definition) is 4. The fourth-order valence-corrected chi connectivity index (χ4v) is 3.23. The van der Waals surface area contributed by atoms with E-state index in [2.05, 4.69) is 34.1 Å². The zero-order chi connectivity index (χ0) is 15.7. The summed E-state index contributed by atoms with van der Waals surface area (Å²) in [7, 11) is 4.02. The fourth-order valence-electron chi connectivity index (χ4n) is 2.28. The van der Waals surface area contributed by atoms with E-state index in [9.17, 15) is 4.79 Å². The average molecular weight is 312 g/mol. The smallest absolute Gasteiger partial charge is 0.307 e. The van der Waals surface area contributed by atoms with E-state index in [1.807, 2.05) is 32.3 Å². The lowest BCUT2D eigenvalue weighted by Crippen LogP contribution is -2.07. The largest absolute Gasteiger partial charge is 0.481 e. The number of nitrogens with zero attached hydrogens (tertiary/aromatic N) is 2. The van der Waals surface area contributed by atoms with Crippen LogP contribution in [-0.2, 0) is 11.2 Å². The van der Waals surface area contributed by atoms with Gasteiger partial charge in [-0.1, -0.05) is 6.07 Å². The van der Waals surface area contributed by atoms with Crippen LogP contribution in [0.25, 0.3) is 20.8 Å². The molecule has 0 saturated carbocycles. The highest BCUT2D eigenvalue weighted by Gasteiger charge is 2.08. The molecule has 0 fully saturated rings. The summed E-state index contributed by atoms with van der Waals surface area (Å²) >= 11 is 1.62. The maximum Gasteiger partial charge on any atom is 0.307 e. The van der Waals surface area contributed by atoms with E-state index in [-0.39, 0.29) is 6.42 Å². The van der Waals surface area contributed by atoms with E-state index < -0.39 is 5.97 Å². The van der Waals surface area contributed by atoms with Gasteiger partial charge in [0.05, 0.1) is 16.6 Å². The first-order valence-electron chi connectivity index (χ1n) is 6.92. The summed E-state index contributed by atoms with van der Waals surface area (Å²) in [6.45, 7) is 0. The molecule has 3 aromatic rings. The second-order valence-electron chi connectivity index (χ2n) is 5.33. The summed E-state index contributed by atoms with van der Waals surface area (Å²) in [5, 5.41) is 9.82.